The van der Waals surface area contributed by atoms with Gasteiger partial charge in [-0.05, 0) is 47.7 Å². The Morgan fingerprint density at radius 3 is 2.94 bits per heavy atom. The molecule has 1 saturated carbocycles. The second-order valence-electron chi connectivity index (χ2n) is 4.29. The molecular formula is C11H15BrN4O. The third-order valence-corrected chi connectivity index (χ3v) is 3.36. The van der Waals surface area contributed by atoms with E-state index in [0.29, 0.717) is 17.3 Å². The molecule has 0 spiro atoms. The number of hydrogen-bond acceptors (Lipinski definition) is 4. The molecule has 0 radical (unpaired) electrons. The van der Waals surface area contributed by atoms with Gasteiger partial charge in [0.15, 0.2) is 5.82 Å². The van der Waals surface area contributed by atoms with E-state index in [1.165, 1.54) is 12.8 Å². The van der Waals surface area contributed by atoms with Crippen LogP contribution in [0.15, 0.2) is 16.7 Å². The summed E-state index contributed by atoms with van der Waals surface area (Å²) in [6.45, 7) is 2.02. The number of anilines is 1. The van der Waals surface area contributed by atoms with Crippen LogP contribution in [0.3, 0.4) is 0 Å². The highest BCUT2D eigenvalue weighted by molar-refractivity contribution is 9.10. The smallest absolute Gasteiger partial charge is 0.255 e. The Bertz CT molecular complexity index is 433. The van der Waals surface area contributed by atoms with Gasteiger partial charge in [0.25, 0.3) is 5.91 Å². The molecule has 5 nitrogen and oxygen atoms in total. The highest BCUT2D eigenvalue weighted by atomic mass is 79.9. The van der Waals surface area contributed by atoms with Gasteiger partial charge in [0.1, 0.15) is 0 Å². The van der Waals surface area contributed by atoms with Crippen LogP contribution in [0.5, 0.6) is 0 Å². The molecule has 1 aliphatic rings. The van der Waals surface area contributed by atoms with E-state index >= 15 is 0 Å². The maximum atomic E-state index is 12.1. The van der Waals surface area contributed by atoms with E-state index in [0.717, 1.165) is 4.47 Å². The first-order valence-corrected chi connectivity index (χ1v) is 6.34. The zero-order valence-corrected chi connectivity index (χ0v) is 11.1. The van der Waals surface area contributed by atoms with Crippen molar-refractivity contribution >= 4 is 27.7 Å². The van der Waals surface area contributed by atoms with E-state index in [2.05, 4.69) is 31.7 Å². The van der Waals surface area contributed by atoms with Gasteiger partial charge in [-0.2, -0.15) is 0 Å². The van der Waals surface area contributed by atoms with E-state index in [1.807, 2.05) is 6.92 Å². The lowest BCUT2D eigenvalue weighted by atomic mass is 10.2. The van der Waals surface area contributed by atoms with Crippen molar-refractivity contribution in [1.29, 1.82) is 0 Å². The molecule has 92 valence electrons. The second kappa shape index (κ2) is 5.01. The highest BCUT2D eigenvalue weighted by Gasteiger charge is 2.29. The molecule has 1 aliphatic carbocycles. The van der Waals surface area contributed by atoms with Crippen LogP contribution in [0.25, 0.3) is 0 Å². The molecule has 1 aromatic heterocycles. The molecule has 6 heteroatoms. The first-order chi connectivity index (χ1) is 8.11. The number of aromatic nitrogens is 1. The maximum Gasteiger partial charge on any atom is 0.255 e. The highest BCUT2D eigenvalue weighted by Crippen LogP contribution is 2.32. The third kappa shape index (κ3) is 2.95. The molecule has 17 heavy (non-hydrogen) atoms. The summed E-state index contributed by atoms with van der Waals surface area (Å²) in [6, 6.07) is 1.91. The molecule has 0 bridgehead atoms. The Morgan fingerprint density at radius 1 is 1.65 bits per heavy atom. The van der Waals surface area contributed by atoms with Crippen molar-refractivity contribution < 1.29 is 4.79 Å². The molecule has 1 unspecified atom stereocenters. The van der Waals surface area contributed by atoms with E-state index in [4.69, 9.17) is 5.84 Å². The van der Waals surface area contributed by atoms with Gasteiger partial charge >= 0.3 is 0 Å². The summed E-state index contributed by atoms with van der Waals surface area (Å²) in [5.74, 6) is 6.19. The van der Waals surface area contributed by atoms with Crippen LogP contribution in [0.4, 0.5) is 5.82 Å². The minimum atomic E-state index is -0.147. The molecule has 2 rings (SSSR count). The monoisotopic (exact) mass is 298 g/mol. The average Bonchev–Trinajstić information content (AvgIpc) is 3.12. The van der Waals surface area contributed by atoms with Crippen LogP contribution in [-0.4, -0.2) is 16.9 Å². The Labute approximate surface area is 108 Å². The van der Waals surface area contributed by atoms with Crippen molar-refractivity contribution in [1.82, 2.24) is 10.3 Å². The molecular weight excluding hydrogens is 284 g/mol. The zero-order chi connectivity index (χ0) is 12.4. The van der Waals surface area contributed by atoms with Gasteiger partial charge in [-0.3, -0.25) is 4.79 Å². The van der Waals surface area contributed by atoms with Crippen LogP contribution in [-0.2, 0) is 0 Å². The van der Waals surface area contributed by atoms with Crippen molar-refractivity contribution in [2.75, 3.05) is 5.43 Å². The van der Waals surface area contributed by atoms with Crippen LogP contribution in [0, 0.1) is 5.92 Å². The van der Waals surface area contributed by atoms with Crippen molar-refractivity contribution in [2.45, 2.75) is 25.8 Å². The largest absolute Gasteiger partial charge is 0.349 e. The minimum Gasteiger partial charge on any atom is -0.349 e. The first-order valence-electron chi connectivity index (χ1n) is 5.55. The molecule has 1 heterocycles. The molecule has 1 aromatic rings. The number of hydrazine groups is 1. The summed E-state index contributed by atoms with van der Waals surface area (Å²) in [6.07, 6.45) is 3.98. The summed E-state index contributed by atoms with van der Waals surface area (Å²) in [4.78, 5) is 16.1. The van der Waals surface area contributed by atoms with Gasteiger partial charge in [0.2, 0.25) is 0 Å². The van der Waals surface area contributed by atoms with Crippen LogP contribution in [0.1, 0.15) is 30.1 Å². The fourth-order valence-electron chi connectivity index (χ4n) is 1.73. The number of nitrogens with zero attached hydrogens (tertiary/aromatic N) is 1. The lowest BCUT2D eigenvalue weighted by Gasteiger charge is -2.14. The number of carbonyl (C=O) groups is 1. The number of nitrogens with two attached hydrogens (primary N) is 1. The minimum absolute atomic E-state index is 0.147. The van der Waals surface area contributed by atoms with Gasteiger partial charge < -0.3 is 10.7 Å². The summed E-state index contributed by atoms with van der Waals surface area (Å²) in [7, 11) is 0. The van der Waals surface area contributed by atoms with Crippen molar-refractivity contribution in [3.05, 3.63) is 22.3 Å². The Kier molecular flexibility index (Phi) is 3.63. The van der Waals surface area contributed by atoms with Crippen LogP contribution >= 0.6 is 15.9 Å². The summed E-state index contributed by atoms with van der Waals surface area (Å²) in [5.41, 5.74) is 2.88. The Balaban J connectivity index is 2.14. The lowest BCUT2D eigenvalue weighted by Crippen LogP contribution is -2.34. The number of halogens is 1. The zero-order valence-electron chi connectivity index (χ0n) is 9.53. The van der Waals surface area contributed by atoms with Crippen LogP contribution in [0.2, 0.25) is 0 Å². The summed E-state index contributed by atoms with van der Waals surface area (Å²) in [5, 5.41) is 2.96. The summed E-state index contributed by atoms with van der Waals surface area (Å²) >= 11 is 3.29. The van der Waals surface area contributed by atoms with Crippen molar-refractivity contribution in [3.8, 4) is 0 Å². The van der Waals surface area contributed by atoms with Gasteiger partial charge in [-0.15, -0.1) is 0 Å². The molecule has 0 saturated heterocycles. The van der Waals surface area contributed by atoms with Gasteiger partial charge in [-0.25, -0.2) is 10.8 Å². The Hall–Kier alpha value is -1.14. The lowest BCUT2D eigenvalue weighted by molar-refractivity contribution is 0.0936. The van der Waals surface area contributed by atoms with E-state index in [-0.39, 0.29) is 11.9 Å². The number of pyridine rings is 1. The molecule has 0 aromatic carbocycles. The van der Waals surface area contributed by atoms with E-state index in [9.17, 15) is 4.79 Å². The van der Waals surface area contributed by atoms with E-state index in [1.54, 1.807) is 12.3 Å². The van der Waals surface area contributed by atoms with Gasteiger partial charge in [-0.1, -0.05) is 0 Å². The number of amides is 1. The third-order valence-electron chi connectivity index (χ3n) is 2.92. The maximum absolute atomic E-state index is 12.1. The first kappa shape index (κ1) is 12.3. The number of nitrogens with one attached hydrogen (secondary N) is 2. The van der Waals surface area contributed by atoms with Gasteiger partial charge in [0, 0.05) is 16.7 Å². The fourth-order valence-corrected chi connectivity index (χ4v) is 2.06. The van der Waals surface area contributed by atoms with Gasteiger partial charge in [0.05, 0.1) is 5.56 Å². The number of nitrogen functional groups attached to an aromatic ring is 1. The topological polar surface area (TPSA) is 80.0 Å². The quantitative estimate of drug-likeness (QED) is 0.583. The van der Waals surface area contributed by atoms with E-state index < -0.39 is 0 Å². The normalized spacial score (nSPS) is 16.4. The molecule has 1 fully saturated rings. The number of rotatable bonds is 4. The fraction of sp³-hybridized carbons (Fsp3) is 0.455. The molecule has 1 amide bonds. The number of hydrogen-bond donors (Lipinski definition) is 3. The number of carbonyl (C=O) groups excluding carboxylic acids is 1. The standard InChI is InChI=1S/C11H15BrN4O/c1-6(7-2-3-7)15-11(17)9-4-8(12)5-14-10(9)16-13/h4-7H,2-3,13H2,1H3,(H,14,16)(H,15,17). The average molecular weight is 299 g/mol. The van der Waals surface area contributed by atoms with Crippen molar-refractivity contribution in [2.24, 2.45) is 11.8 Å². The molecule has 4 N–H and O–H groups in total. The predicted molar refractivity (Wildman–Crippen MR) is 69.4 cm³/mol. The molecule has 0 aliphatic heterocycles. The second-order valence-corrected chi connectivity index (χ2v) is 5.21. The molecule has 1 atom stereocenters. The van der Waals surface area contributed by atoms with Crippen LogP contribution < -0.4 is 16.6 Å². The Morgan fingerprint density at radius 2 is 2.35 bits per heavy atom. The SMILES string of the molecule is CC(NC(=O)c1cc(Br)cnc1NN)C1CC1. The van der Waals surface area contributed by atoms with Crippen molar-refractivity contribution in [3.63, 3.8) is 0 Å². The predicted octanol–water partition coefficient (Wildman–Crippen LogP) is 1.66. The summed E-state index contributed by atoms with van der Waals surface area (Å²) < 4.78 is 0.751.